The fraction of sp³-hybridized carbons (Fsp3) is 0.432. The molecule has 0 spiro atoms. The third-order valence-electron chi connectivity index (χ3n) is 9.31. The summed E-state index contributed by atoms with van der Waals surface area (Å²) >= 11 is 1.85. The molecule has 0 aliphatic carbocycles. The number of hydrogen-bond acceptors (Lipinski definition) is 6. The summed E-state index contributed by atoms with van der Waals surface area (Å²) in [5.41, 5.74) is 4.77. The maximum absolute atomic E-state index is 13.8. The van der Waals surface area contributed by atoms with Crippen molar-refractivity contribution in [3.8, 4) is 21.8 Å². The highest BCUT2D eigenvalue weighted by molar-refractivity contribution is 7.15. The van der Waals surface area contributed by atoms with Crippen LogP contribution in [0.4, 0.5) is 4.39 Å². The van der Waals surface area contributed by atoms with E-state index in [2.05, 4.69) is 94.1 Å². The zero-order chi connectivity index (χ0) is 30.3. The minimum Gasteiger partial charge on any atom is -0.301 e. The molecule has 0 N–H and O–H groups in total. The molecule has 0 amide bonds. The Morgan fingerprint density at radius 3 is 1.93 bits per heavy atom. The van der Waals surface area contributed by atoms with Crippen LogP contribution in [0.3, 0.4) is 0 Å². The van der Waals surface area contributed by atoms with Gasteiger partial charge in [-0.2, -0.15) is 0 Å². The third kappa shape index (κ3) is 7.82. The lowest BCUT2D eigenvalue weighted by atomic mass is 10.0. The van der Waals surface area contributed by atoms with Crippen LogP contribution in [-0.4, -0.2) is 96.1 Å². The number of hydrogen-bond donors (Lipinski definition) is 0. The van der Waals surface area contributed by atoms with Crippen molar-refractivity contribution >= 4 is 11.3 Å². The molecule has 44 heavy (non-hydrogen) atoms. The molecule has 0 radical (unpaired) electrons. The van der Waals surface area contributed by atoms with E-state index in [9.17, 15) is 4.39 Å². The number of benzene rings is 3. The molecule has 0 bridgehead atoms. The predicted octanol–water partition coefficient (Wildman–Crippen LogP) is 6.93. The van der Waals surface area contributed by atoms with Crippen LogP contribution in [0, 0.1) is 5.82 Å². The second-order valence-corrected chi connectivity index (χ2v) is 13.6. The van der Waals surface area contributed by atoms with Gasteiger partial charge in [-0.15, -0.1) is 11.3 Å². The van der Waals surface area contributed by atoms with E-state index in [4.69, 9.17) is 4.98 Å². The van der Waals surface area contributed by atoms with Crippen molar-refractivity contribution in [2.24, 2.45) is 0 Å². The molecule has 7 heteroatoms. The van der Waals surface area contributed by atoms with Crippen molar-refractivity contribution < 1.29 is 4.39 Å². The normalized spacial score (nSPS) is 18.2. The van der Waals surface area contributed by atoms with E-state index in [1.165, 1.54) is 21.6 Å². The van der Waals surface area contributed by atoms with E-state index in [1.807, 2.05) is 23.5 Å². The molecule has 3 heterocycles. The standard InChI is InChI=1S/C37H46FN5S/c1-29(2)42-24-26-43(27-25-42)34(30-15-17-33(38)18-16-30)28-41-22-20-40(21-23-41)19-9-14-35-36(31-10-5-3-6-11-31)39-37(44-35)32-12-7-4-8-13-32/h3-8,10-13,15-18,29,34H,9,14,19-28H2,1-2H3. The molecule has 5 nitrogen and oxygen atoms in total. The third-order valence-corrected chi connectivity index (χ3v) is 10.5. The van der Waals surface area contributed by atoms with Gasteiger partial charge >= 0.3 is 0 Å². The first-order valence-electron chi connectivity index (χ1n) is 16.3. The van der Waals surface area contributed by atoms with Gasteiger partial charge in [0.1, 0.15) is 10.8 Å². The Kier molecular flexibility index (Phi) is 10.5. The highest BCUT2D eigenvalue weighted by Crippen LogP contribution is 2.34. The van der Waals surface area contributed by atoms with Crippen molar-refractivity contribution in [2.75, 3.05) is 65.4 Å². The van der Waals surface area contributed by atoms with Gasteiger partial charge in [-0.1, -0.05) is 72.8 Å². The zero-order valence-electron chi connectivity index (χ0n) is 26.2. The molecule has 6 rings (SSSR count). The number of nitrogens with zero attached hydrogens (tertiary/aromatic N) is 5. The van der Waals surface area contributed by atoms with Crippen molar-refractivity contribution in [3.05, 3.63) is 101 Å². The molecule has 2 aliphatic rings. The van der Waals surface area contributed by atoms with E-state index in [1.54, 1.807) is 12.1 Å². The van der Waals surface area contributed by atoms with E-state index in [0.717, 1.165) is 89.0 Å². The van der Waals surface area contributed by atoms with Crippen LogP contribution in [0.25, 0.3) is 21.8 Å². The van der Waals surface area contributed by atoms with Gasteiger partial charge in [-0.05, 0) is 50.9 Å². The second kappa shape index (κ2) is 14.9. The van der Waals surface area contributed by atoms with Crippen molar-refractivity contribution in [3.63, 3.8) is 0 Å². The molecule has 0 saturated carbocycles. The summed E-state index contributed by atoms with van der Waals surface area (Å²) in [5, 5.41) is 1.11. The van der Waals surface area contributed by atoms with Crippen molar-refractivity contribution in [1.82, 2.24) is 24.6 Å². The highest BCUT2D eigenvalue weighted by Gasteiger charge is 2.29. The molecule has 1 aromatic heterocycles. The maximum atomic E-state index is 13.8. The number of rotatable bonds is 11. The summed E-state index contributed by atoms with van der Waals surface area (Å²) in [4.78, 5) is 16.9. The summed E-state index contributed by atoms with van der Waals surface area (Å²) in [5.74, 6) is -0.156. The van der Waals surface area contributed by atoms with E-state index < -0.39 is 0 Å². The average molecular weight is 612 g/mol. The molecule has 3 aromatic carbocycles. The molecule has 2 fully saturated rings. The van der Waals surface area contributed by atoms with E-state index >= 15 is 0 Å². The quantitative estimate of drug-likeness (QED) is 0.183. The Labute approximate surface area is 266 Å². The first kappa shape index (κ1) is 31.1. The zero-order valence-corrected chi connectivity index (χ0v) is 27.1. The predicted molar refractivity (Wildman–Crippen MR) is 182 cm³/mol. The number of piperazine rings is 2. The molecule has 4 aromatic rings. The first-order chi connectivity index (χ1) is 21.5. The Morgan fingerprint density at radius 1 is 0.705 bits per heavy atom. The van der Waals surface area contributed by atoms with Gasteiger partial charge in [0.05, 0.1) is 5.69 Å². The average Bonchev–Trinajstić information content (AvgIpc) is 3.50. The summed E-state index contributed by atoms with van der Waals surface area (Å²) in [6, 6.07) is 29.3. The van der Waals surface area contributed by atoms with Crippen molar-refractivity contribution in [2.45, 2.75) is 38.8 Å². The number of aryl methyl sites for hydroxylation is 1. The minimum atomic E-state index is -0.156. The van der Waals surface area contributed by atoms with E-state index in [-0.39, 0.29) is 5.82 Å². The van der Waals surface area contributed by atoms with Crippen LogP contribution in [-0.2, 0) is 6.42 Å². The SMILES string of the molecule is CC(C)N1CCN(C(CN2CCN(CCCc3sc(-c4ccccc4)nc3-c3ccccc3)CC2)c2ccc(F)cc2)CC1. The summed E-state index contributed by atoms with van der Waals surface area (Å²) < 4.78 is 13.8. The van der Waals surface area contributed by atoms with Crippen LogP contribution < -0.4 is 0 Å². The highest BCUT2D eigenvalue weighted by atomic mass is 32.1. The fourth-order valence-corrected chi connectivity index (χ4v) is 7.76. The molecule has 2 aliphatic heterocycles. The van der Waals surface area contributed by atoms with Crippen LogP contribution in [0.1, 0.15) is 36.8 Å². The lowest BCUT2D eigenvalue weighted by Crippen LogP contribution is -2.53. The van der Waals surface area contributed by atoms with Gasteiger partial charge < -0.3 is 4.90 Å². The van der Waals surface area contributed by atoms with Crippen LogP contribution in [0.15, 0.2) is 84.9 Å². The number of thiazole rings is 1. The Balaban J connectivity index is 1.04. The van der Waals surface area contributed by atoms with E-state index in [0.29, 0.717) is 12.1 Å². The maximum Gasteiger partial charge on any atom is 0.124 e. The van der Waals surface area contributed by atoms with Gasteiger partial charge in [0, 0.05) is 87.0 Å². The number of aromatic nitrogens is 1. The van der Waals surface area contributed by atoms with Crippen LogP contribution in [0.2, 0.25) is 0 Å². The summed E-state index contributed by atoms with van der Waals surface area (Å²) in [6.07, 6.45) is 2.18. The smallest absolute Gasteiger partial charge is 0.124 e. The first-order valence-corrected chi connectivity index (χ1v) is 17.1. The molecule has 1 atom stereocenters. The van der Waals surface area contributed by atoms with Crippen LogP contribution >= 0.6 is 11.3 Å². The molecular weight excluding hydrogens is 566 g/mol. The van der Waals surface area contributed by atoms with Gasteiger partial charge in [-0.3, -0.25) is 14.7 Å². The Morgan fingerprint density at radius 2 is 1.30 bits per heavy atom. The largest absolute Gasteiger partial charge is 0.301 e. The topological polar surface area (TPSA) is 25.9 Å². The lowest BCUT2D eigenvalue weighted by Gasteiger charge is -2.43. The van der Waals surface area contributed by atoms with Gasteiger partial charge in [0.2, 0.25) is 0 Å². The fourth-order valence-electron chi connectivity index (χ4n) is 6.63. The van der Waals surface area contributed by atoms with Gasteiger partial charge in [0.15, 0.2) is 0 Å². The van der Waals surface area contributed by atoms with Crippen LogP contribution in [0.5, 0.6) is 0 Å². The molecule has 232 valence electrons. The van der Waals surface area contributed by atoms with Crippen molar-refractivity contribution in [1.29, 1.82) is 0 Å². The Hall–Kier alpha value is -2.94. The molecule has 1 unspecified atom stereocenters. The molecule has 2 saturated heterocycles. The minimum absolute atomic E-state index is 0.156. The molecular formula is C37H46FN5S. The summed E-state index contributed by atoms with van der Waals surface area (Å²) in [7, 11) is 0. The van der Waals surface area contributed by atoms with Gasteiger partial charge in [-0.25, -0.2) is 9.37 Å². The summed E-state index contributed by atoms with van der Waals surface area (Å²) in [6.45, 7) is 15.4. The number of halogens is 1. The second-order valence-electron chi connectivity index (χ2n) is 12.5. The lowest BCUT2D eigenvalue weighted by molar-refractivity contribution is 0.0481. The monoisotopic (exact) mass is 611 g/mol. The Bertz CT molecular complexity index is 1430. The van der Waals surface area contributed by atoms with Gasteiger partial charge in [0.25, 0.3) is 0 Å².